The van der Waals surface area contributed by atoms with Crippen molar-refractivity contribution in [2.75, 3.05) is 6.61 Å². The number of carbonyl (C=O) groups is 1. The number of hydrogen-bond donors (Lipinski definition) is 1. The Kier molecular flexibility index (Phi) is 5.30. The van der Waals surface area contributed by atoms with Crippen LogP contribution >= 0.6 is 11.6 Å². The molecule has 1 aliphatic heterocycles. The molecule has 0 unspecified atom stereocenters. The van der Waals surface area contributed by atoms with Crippen LogP contribution in [0.2, 0.25) is 5.02 Å². The average molecular weight is 462 g/mol. The molecule has 0 saturated heterocycles. The number of fused-ring (bicyclic) bond motifs is 2. The summed E-state index contributed by atoms with van der Waals surface area (Å²) in [6.45, 7) is 2.44. The Morgan fingerprint density at radius 3 is 2.61 bits per heavy atom. The summed E-state index contributed by atoms with van der Waals surface area (Å²) in [5, 5.41) is 10.9. The predicted octanol–water partition coefficient (Wildman–Crippen LogP) is 5.30. The normalized spacial score (nSPS) is 15.2. The lowest BCUT2D eigenvalue weighted by Crippen LogP contribution is -2.29. The maximum Gasteiger partial charge on any atom is 0.291 e. The molecule has 0 aliphatic carbocycles. The van der Waals surface area contributed by atoms with E-state index >= 15 is 0 Å². The van der Waals surface area contributed by atoms with E-state index in [1.54, 1.807) is 35.2 Å². The van der Waals surface area contributed by atoms with Crippen LogP contribution in [0, 0.1) is 0 Å². The fourth-order valence-electron chi connectivity index (χ4n) is 4.25. The van der Waals surface area contributed by atoms with Gasteiger partial charge in [0, 0.05) is 11.6 Å². The van der Waals surface area contributed by atoms with Crippen molar-refractivity contribution in [3.63, 3.8) is 0 Å². The Morgan fingerprint density at radius 1 is 1.06 bits per heavy atom. The molecule has 0 radical (unpaired) electrons. The predicted molar refractivity (Wildman–Crippen MR) is 125 cm³/mol. The number of nitrogens with zero attached hydrogens (tertiary/aromatic N) is 1. The first-order valence-electron chi connectivity index (χ1n) is 10.5. The van der Waals surface area contributed by atoms with Gasteiger partial charge in [-0.05, 0) is 48.4 Å². The molecule has 7 heteroatoms. The summed E-state index contributed by atoms with van der Waals surface area (Å²) in [4.78, 5) is 28.7. The minimum Gasteiger partial charge on any atom is -0.504 e. The molecule has 33 heavy (non-hydrogen) atoms. The maximum atomic E-state index is 13.6. The number of phenols is 1. The number of hydrogen-bond acceptors (Lipinski definition) is 5. The van der Waals surface area contributed by atoms with Gasteiger partial charge in [-0.2, -0.15) is 0 Å². The van der Waals surface area contributed by atoms with Gasteiger partial charge in [-0.25, -0.2) is 0 Å². The van der Waals surface area contributed by atoms with Crippen LogP contribution in [0.15, 0.2) is 75.9 Å². The van der Waals surface area contributed by atoms with Crippen molar-refractivity contribution in [3.05, 3.63) is 104 Å². The zero-order valence-electron chi connectivity index (χ0n) is 17.7. The molecule has 1 amide bonds. The molecule has 3 aromatic carbocycles. The number of benzene rings is 3. The minimum atomic E-state index is -0.716. The number of phenolic OH excluding ortho intramolecular Hbond substituents is 1. The fraction of sp³-hybridized carbons (Fsp3) is 0.154. The highest BCUT2D eigenvalue weighted by atomic mass is 35.5. The number of amides is 1. The molecule has 1 aliphatic rings. The van der Waals surface area contributed by atoms with E-state index in [0.717, 1.165) is 5.56 Å². The molecule has 4 aromatic rings. The van der Waals surface area contributed by atoms with Gasteiger partial charge >= 0.3 is 0 Å². The van der Waals surface area contributed by atoms with Crippen LogP contribution in [-0.4, -0.2) is 22.5 Å². The standard InChI is InChI=1S/C26H20ClNO5/c1-2-32-21-12-16(8-10-19(21)29)23-22-24(30)18-13-17(27)9-11-20(18)33-25(22)26(31)28(23)14-15-6-4-3-5-7-15/h3-13,23,29H,2,14H2,1H3/t23-/m1/s1. The van der Waals surface area contributed by atoms with Gasteiger partial charge in [0.2, 0.25) is 5.76 Å². The lowest BCUT2D eigenvalue weighted by atomic mass is 9.97. The molecule has 6 nitrogen and oxygen atoms in total. The van der Waals surface area contributed by atoms with E-state index in [1.165, 1.54) is 6.07 Å². The van der Waals surface area contributed by atoms with Crippen LogP contribution in [0.25, 0.3) is 11.0 Å². The average Bonchev–Trinajstić information content (AvgIpc) is 3.08. The number of ether oxygens (including phenoxy) is 1. The van der Waals surface area contributed by atoms with Gasteiger partial charge in [-0.15, -0.1) is 0 Å². The van der Waals surface area contributed by atoms with Gasteiger partial charge in [0.1, 0.15) is 5.58 Å². The van der Waals surface area contributed by atoms with Crippen LogP contribution in [0.1, 0.15) is 40.2 Å². The fourth-order valence-corrected chi connectivity index (χ4v) is 4.43. The number of halogens is 1. The van der Waals surface area contributed by atoms with Crippen LogP contribution in [-0.2, 0) is 6.54 Å². The van der Waals surface area contributed by atoms with Crippen LogP contribution in [0.3, 0.4) is 0 Å². The summed E-state index contributed by atoms with van der Waals surface area (Å²) in [5.41, 5.74) is 1.78. The van der Waals surface area contributed by atoms with E-state index in [-0.39, 0.29) is 40.7 Å². The van der Waals surface area contributed by atoms with Gasteiger partial charge < -0.3 is 19.2 Å². The van der Waals surface area contributed by atoms with Gasteiger partial charge in [0.05, 0.1) is 23.6 Å². The second-order valence-corrected chi connectivity index (χ2v) is 8.23. The molecule has 2 heterocycles. The monoisotopic (exact) mass is 461 g/mol. The van der Waals surface area contributed by atoms with E-state index in [1.807, 2.05) is 37.3 Å². The number of aromatic hydroxyl groups is 1. The molecule has 166 valence electrons. The third kappa shape index (κ3) is 3.62. The van der Waals surface area contributed by atoms with Crippen LogP contribution < -0.4 is 10.2 Å². The first kappa shape index (κ1) is 21.1. The maximum absolute atomic E-state index is 13.6. The zero-order chi connectivity index (χ0) is 23.1. The molecule has 0 spiro atoms. The smallest absolute Gasteiger partial charge is 0.291 e. The Bertz CT molecular complexity index is 1430. The summed E-state index contributed by atoms with van der Waals surface area (Å²) in [6, 6.07) is 18.4. The Hall–Kier alpha value is -3.77. The highest BCUT2D eigenvalue weighted by Gasteiger charge is 2.43. The Labute approximate surface area is 194 Å². The summed E-state index contributed by atoms with van der Waals surface area (Å²) >= 11 is 6.13. The van der Waals surface area contributed by atoms with Crippen molar-refractivity contribution >= 4 is 28.5 Å². The molecule has 1 N–H and O–H groups in total. The van der Waals surface area contributed by atoms with Crippen molar-refractivity contribution in [3.8, 4) is 11.5 Å². The molecule has 0 bridgehead atoms. The third-order valence-corrected chi connectivity index (χ3v) is 5.96. The van der Waals surface area contributed by atoms with Crippen molar-refractivity contribution in [1.82, 2.24) is 4.90 Å². The van der Waals surface area contributed by atoms with E-state index in [2.05, 4.69) is 0 Å². The highest BCUT2D eigenvalue weighted by molar-refractivity contribution is 6.31. The molecule has 1 aromatic heterocycles. The topological polar surface area (TPSA) is 80.0 Å². The van der Waals surface area contributed by atoms with Gasteiger partial charge in [-0.1, -0.05) is 48.0 Å². The molecule has 0 saturated carbocycles. The van der Waals surface area contributed by atoms with Crippen LogP contribution in [0.4, 0.5) is 0 Å². The Balaban J connectivity index is 1.74. The lowest BCUT2D eigenvalue weighted by molar-refractivity contribution is 0.0714. The van der Waals surface area contributed by atoms with E-state index in [0.29, 0.717) is 28.2 Å². The Morgan fingerprint density at radius 2 is 1.85 bits per heavy atom. The largest absolute Gasteiger partial charge is 0.504 e. The second-order valence-electron chi connectivity index (χ2n) is 7.80. The number of rotatable bonds is 5. The van der Waals surface area contributed by atoms with Crippen molar-refractivity contribution in [2.45, 2.75) is 19.5 Å². The lowest BCUT2D eigenvalue weighted by Gasteiger charge is -2.25. The van der Waals surface area contributed by atoms with Crippen LogP contribution in [0.5, 0.6) is 11.5 Å². The summed E-state index contributed by atoms with van der Waals surface area (Å²) in [5.74, 6) is -0.0958. The first-order chi connectivity index (χ1) is 16.0. The summed E-state index contributed by atoms with van der Waals surface area (Å²) < 4.78 is 11.5. The van der Waals surface area contributed by atoms with E-state index < -0.39 is 6.04 Å². The van der Waals surface area contributed by atoms with Gasteiger partial charge in [0.25, 0.3) is 5.91 Å². The van der Waals surface area contributed by atoms with E-state index in [4.69, 9.17) is 20.8 Å². The molecular weight excluding hydrogens is 442 g/mol. The van der Waals surface area contributed by atoms with Crippen molar-refractivity contribution in [1.29, 1.82) is 0 Å². The minimum absolute atomic E-state index is 0.0155. The summed E-state index contributed by atoms with van der Waals surface area (Å²) in [7, 11) is 0. The number of carbonyl (C=O) groups excluding carboxylic acids is 1. The quantitative estimate of drug-likeness (QED) is 0.436. The van der Waals surface area contributed by atoms with Gasteiger partial charge in [-0.3, -0.25) is 9.59 Å². The van der Waals surface area contributed by atoms with Crippen molar-refractivity contribution in [2.24, 2.45) is 0 Å². The highest BCUT2D eigenvalue weighted by Crippen LogP contribution is 2.41. The molecule has 5 rings (SSSR count). The molecular formula is C26H20ClNO5. The zero-order valence-corrected chi connectivity index (χ0v) is 18.5. The first-order valence-corrected chi connectivity index (χ1v) is 10.9. The van der Waals surface area contributed by atoms with Gasteiger partial charge in [0.15, 0.2) is 16.9 Å². The van der Waals surface area contributed by atoms with Crippen molar-refractivity contribution < 1.29 is 19.1 Å². The van der Waals surface area contributed by atoms with E-state index in [9.17, 15) is 14.7 Å². The molecule has 1 atom stereocenters. The third-order valence-electron chi connectivity index (χ3n) is 5.72. The SMILES string of the molecule is CCOc1cc([C@@H]2c3c(oc4ccc(Cl)cc4c3=O)C(=O)N2Cc2ccccc2)ccc1O. The second kappa shape index (κ2) is 8.30. The molecule has 0 fully saturated rings. The summed E-state index contributed by atoms with van der Waals surface area (Å²) in [6.07, 6.45) is 0.